The summed E-state index contributed by atoms with van der Waals surface area (Å²) in [5.41, 5.74) is 1.09. The second-order valence-electron chi connectivity index (χ2n) is 6.94. The number of nitrogens with zero attached hydrogens (tertiary/aromatic N) is 1. The highest BCUT2D eigenvalue weighted by molar-refractivity contribution is 7.95. The van der Waals surface area contributed by atoms with Crippen molar-refractivity contribution in [1.29, 1.82) is 0 Å². The van der Waals surface area contributed by atoms with Crippen LogP contribution in [-0.2, 0) is 14.8 Å². The van der Waals surface area contributed by atoms with Crippen LogP contribution in [0, 0.1) is 5.92 Å². The van der Waals surface area contributed by atoms with Crippen molar-refractivity contribution < 1.29 is 22.7 Å². The molecule has 0 aromatic heterocycles. The van der Waals surface area contributed by atoms with Gasteiger partial charge in [-0.15, -0.1) is 0 Å². The largest absolute Gasteiger partial charge is 0.497 e. The molecule has 2 aromatic carbocycles. The molecule has 1 saturated carbocycles. The first kappa shape index (κ1) is 18.6. The number of benzene rings is 2. The van der Waals surface area contributed by atoms with Crippen LogP contribution in [0.2, 0.25) is 0 Å². The molecule has 1 saturated heterocycles. The van der Waals surface area contributed by atoms with E-state index < -0.39 is 20.7 Å². The third-order valence-electron chi connectivity index (χ3n) is 5.35. The molecular weight excluding hydrogens is 380 g/mol. The SMILES string of the molecule is CCOc1ccc(NC(=O)C23CC2CN(c2ccc(OC)cc2)S3(=O)=O)cc1. The number of amides is 1. The van der Waals surface area contributed by atoms with Gasteiger partial charge < -0.3 is 14.8 Å². The lowest BCUT2D eigenvalue weighted by atomic mass is 10.2. The van der Waals surface area contributed by atoms with Gasteiger partial charge in [-0.2, -0.15) is 0 Å². The van der Waals surface area contributed by atoms with Crippen LogP contribution in [0.5, 0.6) is 11.5 Å². The number of hydrogen-bond donors (Lipinski definition) is 1. The fourth-order valence-corrected chi connectivity index (χ4v) is 6.12. The van der Waals surface area contributed by atoms with Crippen LogP contribution in [-0.4, -0.2) is 39.3 Å². The van der Waals surface area contributed by atoms with Crippen LogP contribution in [0.15, 0.2) is 48.5 Å². The lowest BCUT2D eigenvalue weighted by Crippen LogP contribution is -2.42. The zero-order valence-corrected chi connectivity index (χ0v) is 16.5. The lowest BCUT2D eigenvalue weighted by molar-refractivity contribution is -0.116. The maximum absolute atomic E-state index is 13.2. The van der Waals surface area contributed by atoms with Crippen LogP contribution in [0.25, 0.3) is 0 Å². The maximum Gasteiger partial charge on any atom is 0.250 e. The fourth-order valence-electron chi connectivity index (χ4n) is 3.76. The number of carbonyl (C=O) groups is 1. The molecule has 148 valence electrons. The molecular formula is C20H22N2O5S. The predicted octanol–water partition coefficient (Wildman–Crippen LogP) is 2.64. The van der Waals surface area contributed by atoms with Gasteiger partial charge in [0.15, 0.2) is 4.75 Å². The summed E-state index contributed by atoms with van der Waals surface area (Å²) in [5.74, 6) is 0.663. The van der Waals surface area contributed by atoms with Gasteiger partial charge in [0.25, 0.3) is 0 Å². The van der Waals surface area contributed by atoms with E-state index >= 15 is 0 Å². The van der Waals surface area contributed by atoms with E-state index in [1.54, 1.807) is 55.6 Å². The molecule has 7 nitrogen and oxygen atoms in total. The van der Waals surface area contributed by atoms with E-state index in [4.69, 9.17) is 9.47 Å². The Bertz CT molecular complexity index is 988. The molecule has 2 aliphatic rings. The van der Waals surface area contributed by atoms with E-state index in [0.717, 1.165) is 0 Å². The zero-order valence-electron chi connectivity index (χ0n) is 15.7. The summed E-state index contributed by atoms with van der Waals surface area (Å²) in [7, 11) is -2.25. The number of nitrogens with one attached hydrogen (secondary N) is 1. The quantitative estimate of drug-likeness (QED) is 0.803. The highest BCUT2D eigenvalue weighted by Crippen LogP contribution is 2.58. The molecule has 1 amide bonds. The molecule has 1 aliphatic carbocycles. The standard InChI is InChI=1S/C20H22N2O5S/c1-3-27-18-8-4-15(5-9-18)21-19(23)20-12-14(20)13-22(28(20,24)25)16-6-10-17(26-2)11-7-16/h4-11,14H,3,12-13H2,1-2H3,(H,21,23). The molecule has 8 heteroatoms. The normalized spacial score (nSPS) is 24.4. The van der Waals surface area contributed by atoms with Crippen molar-refractivity contribution in [3.05, 3.63) is 48.5 Å². The lowest BCUT2D eigenvalue weighted by Gasteiger charge is -2.23. The van der Waals surface area contributed by atoms with E-state index in [-0.39, 0.29) is 5.92 Å². The van der Waals surface area contributed by atoms with E-state index in [0.29, 0.717) is 42.4 Å². The van der Waals surface area contributed by atoms with Crippen molar-refractivity contribution >= 4 is 27.3 Å². The van der Waals surface area contributed by atoms with Crippen molar-refractivity contribution in [1.82, 2.24) is 0 Å². The van der Waals surface area contributed by atoms with Crippen LogP contribution in [0.3, 0.4) is 0 Å². The molecule has 1 N–H and O–H groups in total. The molecule has 1 aliphatic heterocycles. The first-order chi connectivity index (χ1) is 13.4. The number of ether oxygens (including phenoxy) is 2. The van der Waals surface area contributed by atoms with Gasteiger partial charge in [-0.1, -0.05) is 0 Å². The van der Waals surface area contributed by atoms with Crippen molar-refractivity contribution in [2.75, 3.05) is 29.9 Å². The van der Waals surface area contributed by atoms with Crippen molar-refractivity contribution in [3.63, 3.8) is 0 Å². The Labute approximate surface area is 164 Å². The average molecular weight is 402 g/mol. The first-order valence-corrected chi connectivity index (χ1v) is 10.6. The third kappa shape index (κ3) is 2.79. The molecule has 4 rings (SSSR count). The predicted molar refractivity (Wildman–Crippen MR) is 106 cm³/mol. The summed E-state index contributed by atoms with van der Waals surface area (Å²) in [6, 6.07) is 13.7. The summed E-state index contributed by atoms with van der Waals surface area (Å²) in [4.78, 5) is 12.9. The number of rotatable bonds is 6. The summed E-state index contributed by atoms with van der Waals surface area (Å²) in [6.07, 6.45) is 0.352. The number of sulfonamides is 1. The van der Waals surface area contributed by atoms with Gasteiger partial charge in [0.05, 0.1) is 19.4 Å². The molecule has 2 aromatic rings. The van der Waals surface area contributed by atoms with E-state index in [1.807, 2.05) is 6.92 Å². The highest BCUT2D eigenvalue weighted by Gasteiger charge is 2.75. The van der Waals surface area contributed by atoms with Crippen molar-refractivity contribution in [3.8, 4) is 11.5 Å². The Hall–Kier alpha value is -2.74. The van der Waals surface area contributed by atoms with Gasteiger partial charge in [0.1, 0.15) is 11.5 Å². The van der Waals surface area contributed by atoms with Crippen molar-refractivity contribution in [2.45, 2.75) is 18.1 Å². The smallest absolute Gasteiger partial charge is 0.250 e. The van der Waals surface area contributed by atoms with Crippen LogP contribution in [0.1, 0.15) is 13.3 Å². The summed E-state index contributed by atoms with van der Waals surface area (Å²) in [5, 5.41) is 2.76. The van der Waals surface area contributed by atoms with Gasteiger partial charge in [0, 0.05) is 18.2 Å². The third-order valence-corrected chi connectivity index (χ3v) is 7.90. The average Bonchev–Trinajstić information content (AvgIpc) is 3.39. The maximum atomic E-state index is 13.2. The Kier molecular flexibility index (Phi) is 4.45. The Balaban J connectivity index is 1.54. The molecule has 2 atom stereocenters. The van der Waals surface area contributed by atoms with E-state index in [1.165, 1.54) is 4.31 Å². The van der Waals surface area contributed by atoms with E-state index in [2.05, 4.69) is 5.32 Å². The number of anilines is 2. The monoisotopic (exact) mass is 402 g/mol. The number of hydrogen-bond acceptors (Lipinski definition) is 5. The number of carbonyl (C=O) groups excluding carboxylic acids is 1. The minimum Gasteiger partial charge on any atom is -0.497 e. The van der Waals surface area contributed by atoms with Gasteiger partial charge in [-0.3, -0.25) is 9.10 Å². The molecule has 28 heavy (non-hydrogen) atoms. The molecule has 0 bridgehead atoms. The van der Waals surface area contributed by atoms with Gasteiger partial charge in [0.2, 0.25) is 15.9 Å². The minimum atomic E-state index is -3.81. The topological polar surface area (TPSA) is 84.9 Å². The molecule has 0 spiro atoms. The van der Waals surface area contributed by atoms with Crippen LogP contribution >= 0.6 is 0 Å². The summed E-state index contributed by atoms with van der Waals surface area (Å²) in [6.45, 7) is 2.75. The Morgan fingerprint density at radius 1 is 1.14 bits per heavy atom. The zero-order chi connectivity index (χ0) is 19.9. The van der Waals surface area contributed by atoms with Gasteiger partial charge in [-0.05, 0) is 61.9 Å². The van der Waals surface area contributed by atoms with Gasteiger partial charge in [-0.25, -0.2) is 8.42 Å². The van der Waals surface area contributed by atoms with E-state index in [9.17, 15) is 13.2 Å². The van der Waals surface area contributed by atoms with Gasteiger partial charge >= 0.3 is 0 Å². The number of fused-ring (bicyclic) bond motifs is 1. The van der Waals surface area contributed by atoms with Crippen LogP contribution in [0.4, 0.5) is 11.4 Å². The van der Waals surface area contributed by atoms with Crippen LogP contribution < -0.4 is 19.1 Å². The summed E-state index contributed by atoms with van der Waals surface area (Å²) < 4.78 is 36.8. The summed E-state index contributed by atoms with van der Waals surface area (Å²) >= 11 is 0. The molecule has 1 heterocycles. The fraction of sp³-hybridized carbons (Fsp3) is 0.350. The number of methoxy groups -OCH3 is 1. The second kappa shape index (κ2) is 6.70. The Morgan fingerprint density at radius 2 is 1.79 bits per heavy atom. The highest BCUT2D eigenvalue weighted by atomic mass is 32.2. The first-order valence-electron chi connectivity index (χ1n) is 9.13. The minimum absolute atomic E-state index is 0.206. The molecule has 2 unspecified atom stereocenters. The van der Waals surface area contributed by atoms with Crippen molar-refractivity contribution in [2.24, 2.45) is 5.92 Å². The molecule has 0 radical (unpaired) electrons. The molecule has 2 fully saturated rings. The second-order valence-corrected chi connectivity index (χ2v) is 9.06. The Morgan fingerprint density at radius 3 is 2.39 bits per heavy atom.